The molecule has 0 spiro atoms. The van der Waals surface area contributed by atoms with E-state index < -0.39 is 77.7 Å². The number of benzene rings is 4. The number of nitrogens with two attached hydrogens (primary N) is 4. The summed E-state index contributed by atoms with van der Waals surface area (Å²) in [7, 11) is -10.1. The summed E-state index contributed by atoms with van der Waals surface area (Å²) < 4.78 is 158. The van der Waals surface area contributed by atoms with Gasteiger partial charge < -0.3 is 20.9 Å². The highest BCUT2D eigenvalue weighted by Gasteiger charge is 2.54. The highest BCUT2D eigenvalue weighted by atomic mass is 32.2. The lowest BCUT2D eigenvalue weighted by Crippen LogP contribution is -2.45. The minimum atomic E-state index is -5.49. The van der Waals surface area contributed by atoms with Gasteiger partial charge in [-0.1, -0.05) is 72.8 Å². The molecule has 0 aliphatic heterocycles. The van der Waals surface area contributed by atoms with Gasteiger partial charge in [-0.3, -0.25) is 0 Å². The maximum Gasteiger partial charge on any atom is 0.573 e. The fraction of sp³-hybridized carbons (Fsp3) is 0.176. The van der Waals surface area contributed by atoms with Gasteiger partial charge in [0.05, 0.1) is 22.8 Å². The molecule has 0 bridgehead atoms. The van der Waals surface area contributed by atoms with Crippen molar-refractivity contribution in [3.05, 3.63) is 130 Å². The van der Waals surface area contributed by atoms with Crippen molar-refractivity contribution in [3.63, 3.8) is 0 Å². The molecule has 0 fully saturated rings. The summed E-state index contributed by atoms with van der Waals surface area (Å²) in [5.41, 5.74) is 14.8. The molecular weight excluding hydrogens is 795 g/mol. The number of hydrogen-bond donors (Lipinski definition) is 6. The number of allylic oxidation sites excluding steroid dienone is 2. The van der Waals surface area contributed by atoms with Crippen LogP contribution in [0.25, 0.3) is 22.5 Å². The third-order valence-corrected chi connectivity index (χ3v) is 12.7. The first-order chi connectivity index (χ1) is 27.0. The van der Waals surface area contributed by atoms with Crippen LogP contribution in [-0.4, -0.2) is 29.6 Å². The molecule has 6 rings (SSSR count). The molecular formula is C34H28F6N8O6S2. The largest absolute Gasteiger partial charge is 0.573 e. The van der Waals surface area contributed by atoms with Crippen molar-refractivity contribution < 1.29 is 55.5 Å². The Morgan fingerprint density at radius 3 is 1.29 bits per heavy atom. The van der Waals surface area contributed by atoms with Crippen molar-refractivity contribution in [2.45, 2.75) is 35.1 Å². The normalized spacial score (nSPS) is 21.1. The fourth-order valence-electron chi connectivity index (χ4n) is 7.27. The predicted octanol–water partition coefficient (Wildman–Crippen LogP) is 6.34. The third kappa shape index (κ3) is 6.52. The molecule has 4 aromatic carbocycles. The van der Waals surface area contributed by atoms with Gasteiger partial charge in [0.15, 0.2) is 0 Å². The number of alkyl halides is 6. The van der Waals surface area contributed by atoms with Crippen LogP contribution < -0.4 is 31.2 Å². The van der Waals surface area contributed by atoms with Crippen molar-refractivity contribution in [2.24, 2.45) is 32.0 Å². The smallest absolute Gasteiger partial charge is 0.405 e. The summed E-state index contributed by atoms with van der Waals surface area (Å²) in [6.07, 6.45) is -12.6. The first-order valence-corrected chi connectivity index (χ1v) is 18.8. The van der Waals surface area contributed by atoms with E-state index in [1.54, 1.807) is 0 Å². The molecule has 56 heavy (non-hydrogen) atoms. The Labute approximate surface area is 316 Å². The van der Waals surface area contributed by atoms with E-state index in [9.17, 15) is 43.2 Å². The van der Waals surface area contributed by atoms with E-state index in [4.69, 9.17) is 24.6 Å². The van der Waals surface area contributed by atoms with Crippen LogP contribution in [0.1, 0.15) is 46.2 Å². The molecule has 2 aliphatic rings. The van der Waals surface area contributed by atoms with Gasteiger partial charge in [-0.25, -0.2) is 38.2 Å². The number of halogens is 6. The van der Waals surface area contributed by atoms with Crippen molar-refractivity contribution in [3.8, 4) is 22.6 Å². The minimum absolute atomic E-state index is 0.0197. The number of sulfonamides is 2. The monoisotopic (exact) mass is 822 g/mol. The topological polar surface area (TPSA) is 263 Å². The summed E-state index contributed by atoms with van der Waals surface area (Å²) in [5, 5.41) is 18.8. The van der Waals surface area contributed by atoms with E-state index in [0.29, 0.717) is 12.1 Å². The third-order valence-electron chi connectivity index (χ3n) is 9.59. The molecule has 2 aliphatic carbocycles. The number of rotatable bonds is 9. The van der Waals surface area contributed by atoms with Crippen LogP contribution in [0.15, 0.2) is 107 Å². The Hall–Kier alpha value is -5.84. The Kier molecular flexibility index (Phi) is 8.89. The average molecular weight is 823 g/mol. The van der Waals surface area contributed by atoms with Gasteiger partial charge in [-0.05, 0) is 34.4 Å². The van der Waals surface area contributed by atoms with E-state index in [1.165, 1.54) is 48.5 Å². The summed E-state index contributed by atoms with van der Waals surface area (Å²) in [4.78, 5) is 0. The SMILES string of the molecule is [H]/N=N/C1=C(N)c2ccccc2C(c2ccc(-c3ccc(C4(S(N)(=O)=O)CC(/N=N/[H])=C(N)c5ccccc54)c(OC(F)(F)F)c3)cc2OC(F)(F)F)(S(N)(=O)=O)C1. The lowest BCUT2D eigenvalue weighted by molar-refractivity contribution is -0.276. The number of ether oxygens (including phenoxy) is 2. The Morgan fingerprint density at radius 1 is 0.607 bits per heavy atom. The van der Waals surface area contributed by atoms with E-state index in [2.05, 4.69) is 30.8 Å². The molecule has 0 saturated carbocycles. The van der Waals surface area contributed by atoms with Gasteiger partial charge >= 0.3 is 12.7 Å². The molecule has 22 heteroatoms. The van der Waals surface area contributed by atoms with Crippen LogP contribution in [0.2, 0.25) is 2.82 Å². The summed E-state index contributed by atoms with van der Waals surface area (Å²) in [6.45, 7) is 0. The number of primary sulfonamides is 2. The molecule has 0 amide bonds. The number of nitrogens with one attached hydrogen (secondary N) is 2. The molecule has 0 aromatic heterocycles. The standard InChI is InChI=1S/C34H28F6N8O6S2/c35-33(36,37)53-27-13-17(9-11-23(27)31(55(45,49)50)15-25(47-43)29(41)19-5-1-3-7-21(19)31)18-10-12-24(28(14-18)54-34(38,39)40)32(56(46,51)52)16-26(48-44)30(42)20-6-2-4-8-22(20)32/h1-14,43-44H,15-16,41-42H2,(H2,45,49,50)(H2,46,51,52)/b47-43+,48-44+. The molecule has 294 valence electrons. The Morgan fingerprint density at radius 2 is 0.964 bits per heavy atom. The summed E-state index contributed by atoms with van der Waals surface area (Å²) in [5.74, 6) is -2.35. The van der Waals surface area contributed by atoms with E-state index >= 15 is 0 Å². The lowest BCUT2D eigenvalue weighted by Gasteiger charge is -2.38. The zero-order valence-electron chi connectivity index (χ0n) is 30.1. The van der Waals surface area contributed by atoms with Crippen LogP contribution in [0.5, 0.6) is 11.5 Å². The van der Waals surface area contributed by atoms with Gasteiger partial charge in [0.1, 0.15) is 21.0 Å². The van der Waals surface area contributed by atoms with Crippen LogP contribution in [-0.2, 0) is 29.5 Å². The molecule has 0 heterocycles. The van der Waals surface area contributed by atoms with Crippen LogP contribution in [0.3, 0.4) is 0 Å². The molecule has 0 radical (unpaired) electrons. The summed E-state index contributed by atoms with van der Waals surface area (Å²) in [6, 6.07) is 16.0. The molecule has 10 N–H and O–H groups in total. The number of nitrogens with zero attached hydrogens (tertiary/aromatic N) is 2. The maximum absolute atomic E-state index is 14.2. The second kappa shape index (κ2) is 13.4. The Bertz CT molecular complexity index is 2510. The van der Waals surface area contributed by atoms with Crippen LogP contribution >= 0.6 is 0 Å². The van der Waals surface area contributed by atoms with E-state index in [1.807, 2.05) is 0 Å². The van der Waals surface area contributed by atoms with Crippen LogP contribution in [0.4, 0.5) is 26.3 Å². The predicted molar refractivity (Wildman–Crippen MR) is 188 cm³/mol. The Balaban J connectivity index is 1.64. The van der Waals surface area contributed by atoms with Crippen molar-refractivity contribution in [1.82, 2.24) is 0 Å². The maximum atomic E-state index is 14.2. The number of hydrogen-bond acceptors (Lipinski definition) is 12. The second-order valence-electron chi connectivity index (χ2n) is 12.6. The highest BCUT2D eigenvalue weighted by molar-refractivity contribution is 7.90. The molecule has 0 saturated heterocycles. The zero-order chi connectivity index (χ0) is 42.6. The van der Waals surface area contributed by atoms with Crippen LogP contribution in [0, 0.1) is 11.0 Å². The minimum Gasteiger partial charge on any atom is -0.405 e. The molecule has 2 unspecified atom stereocenters. The summed E-state index contributed by atoms with van der Waals surface area (Å²) >= 11 is 0. The van der Waals surface area contributed by atoms with Gasteiger partial charge in [0.2, 0.25) is 22.9 Å². The number of fused-ring (bicyclic) bond motifs is 2. The molecule has 2 atom stereocenters. The highest BCUT2D eigenvalue weighted by Crippen LogP contribution is 2.54. The first-order valence-electron chi connectivity index (χ1n) is 16.6. The molecule has 4 aromatic rings. The van der Waals surface area contributed by atoms with Gasteiger partial charge in [0.25, 0.3) is 0 Å². The zero-order valence-corrected chi connectivity index (χ0v) is 29.8. The van der Waals surface area contributed by atoms with Crippen molar-refractivity contribution in [2.75, 3.05) is 0 Å². The molecule has 14 nitrogen and oxygen atoms in total. The van der Waals surface area contributed by atoms with E-state index in [-0.39, 0.29) is 56.2 Å². The van der Waals surface area contributed by atoms with Gasteiger partial charge in [-0.2, -0.15) is 10.2 Å². The first kappa shape index (κ1) is 37.1. The second-order valence-corrected chi connectivity index (χ2v) is 16.2. The average Bonchev–Trinajstić information content (AvgIpc) is 3.12. The van der Waals surface area contributed by atoms with Gasteiger partial charge in [0, 0.05) is 35.1 Å². The quantitative estimate of drug-likeness (QED) is 0.0818. The van der Waals surface area contributed by atoms with Crippen molar-refractivity contribution in [1.29, 1.82) is 11.0 Å². The fourth-order valence-corrected chi connectivity index (χ4v) is 9.86. The van der Waals surface area contributed by atoms with E-state index in [0.717, 1.165) is 24.3 Å². The lowest BCUT2D eigenvalue weighted by atomic mass is 9.77. The van der Waals surface area contributed by atoms with Crippen molar-refractivity contribution >= 4 is 31.4 Å². The van der Waals surface area contributed by atoms with Gasteiger partial charge in [-0.15, -0.1) is 26.3 Å².